The van der Waals surface area contributed by atoms with Gasteiger partial charge in [-0.15, -0.1) is 0 Å². The molecule has 1 atom stereocenters. The van der Waals surface area contributed by atoms with Gasteiger partial charge >= 0.3 is 0 Å². The van der Waals surface area contributed by atoms with Crippen molar-refractivity contribution in [2.24, 2.45) is 0 Å². The molecule has 1 saturated heterocycles. The van der Waals surface area contributed by atoms with E-state index >= 15 is 0 Å². The lowest BCUT2D eigenvalue weighted by molar-refractivity contribution is -0.0809. The number of nitrogens with zero attached hydrogens (tertiary/aromatic N) is 2. The maximum atomic E-state index is 6.05. The third-order valence-corrected chi connectivity index (χ3v) is 6.22. The highest BCUT2D eigenvalue weighted by Gasteiger charge is 2.40. The van der Waals surface area contributed by atoms with Crippen molar-refractivity contribution in [2.75, 3.05) is 20.8 Å². The Kier molecular flexibility index (Phi) is 8.50. The summed E-state index contributed by atoms with van der Waals surface area (Å²) in [7, 11) is 3.22. The molecular weight excluding hydrogens is 376 g/mol. The summed E-state index contributed by atoms with van der Waals surface area (Å²) in [6.07, 6.45) is 14.7. The minimum atomic E-state index is 0.209. The van der Waals surface area contributed by atoms with E-state index in [1.165, 1.54) is 56.2 Å². The Hall–Kier alpha value is -2.14. The van der Waals surface area contributed by atoms with E-state index in [4.69, 9.17) is 14.2 Å². The number of hydrogen-bond donors (Lipinski definition) is 0. The summed E-state index contributed by atoms with van der Waals surface area (Å²) in [5.41, 5.74) is 2.67. The molecule has 0 radical (unpaired) electrons. The van der Waals surface area contributed by atoms with E-state index in [1.54, 1.807) is 14.2 Å². The fourth-order valence-corrected chi connectivity index (χ4v) is 4.56. The first-order chi connectivity index (χ1) is 14.7. The molecule has 5 heteroatoms. The second kappa shape index (κ2) is 11.3. The third kappa shape index (κ3) is 5.94. The molecule has 5 nitrogen and oxygen atoms in total. The van der Waals surface area contributed by atoms with Crippen LogP contribution in [0.25, 0.3) is 0 Å². The number of hydrogen-bond acceptors (Lipinski definition) is 5. The van der Waals surface area contributed by atoms with E-state index < -0.39 is 0 Å². The first-order valence-electron chi connectivity index (χ1n) is 11.3. The minimum absolute atomic E-state index is 0.209. The number of unbranched alkanes of at least 4 members (excludes halogenated alkanes) is 1. The Labute approximate surface area is 181 Å². The topological polar surface area (TPSA) is 53.5 Å². The van der Waals surface area contributed by atoms with Gasteiger partial charge in [-0.05, 0) is 62.3 Å². The Morgan fingerprint density at radius 2 is 1.97 bits per heavy atom. The van der Waals surface area contributed by atoms with Gasteiger partial charge in [0.1, 0.15) is 0 Å². The summed E-state index contributed by atoms with van der Waals surface area (Å²) in [5, 5.41) is 0. The molecule has 3 heterocycles. The molecular formula is C25H36N2O3. The predicted molar refractivity (Wildman–Crippen MR) is 119 cm³/mol. The van der Waals surface area contributed by atoms with E-state index in [1.807, 2.05) is 24.5 Å². The number of pyridine rings is 2. The average molecular weight is 413 g/mol. The van der Waals surface area contributed by atoms with Crippen LogP contribution in [0.5, 0.6) is 11.6 Å². The molecule has 1 spiro atoms. The monoisotopic (exact) mass is 412 g/mol. The standard InChI is InChI=1S/C14H19NO.C11H17NO2/c1-4-9-15-13(5-1)12-6-10-16-14(11-12)7-2-3-8-14;1-4-5-6-9-7-10(13-2)11(14-3)12-8-9/h1,4-5,9,12H,2-3,6-8,10-11H2;7-8H,4-6H2,1-3H3/t12-;/m1./s1. The summed E-state index contributed by atoms with van der Waals surface area (Å²) >= 11 is 0. The molecule has 0 unspecified atom stereocenters. The van der Waals surface area contributed by atoms with Crippen LogP contribution in [0.15, 0.2) is 36.7 Å². The van der Waals surface area contributed by atoms with E-state index in [0.717, 1.165) is 19.4 Å². The van der Waals surface area contributed by atoms with Crippen molar-refractivity contribution in [2.45, 2.75) is 76.2 Å². The van der Waals surface area contributed by atoms with Crippen LogP contribution < -0.4 is 9.47 Å². The van der Waals surface area contributed by atoms with Crippen LogP contribution in [-0.2, 0) is 11.2 Å². The number of aromatic nitrogens is 2. The largest absolute Gasteiger partial charge is 0.491 e. The first-order valence-corrected chi connectivity index (χ1v) is 11.3. The lowest BCUT2D eigenvalue weighted by Crippen LogP contribution is -2.36. The molecule has 0 amide bonds. The lowest BCUT2D eigenvalue weighted by Gasteiger charge is -2.38. The molecule has 2 aromatic heterocycles. The molecule has 2 aliphatic rings. The lowest BCUT2D eigenvalue weighted by atomic mass is 9.83. The molecule has 2 fully saturated rings. The fourth-order valence-electron chi connectivity index (χ4n) is 4.56. The Morgan fingerprint density at radius 1 is 1.13 bits per heavy atom. The van der Waals surface area contributed by atoms with Gasteiger partial charge in [-0.25, -0.2) is 4.98 Å². The predicted octanol–water partition coefficient (Wildman–Crippen LogP) is 5.73. The fraction of sp³-hybridized carbons (Fsp3) is 0.600. The number of methoxy groups -OCH3 is 2. The van der Waals surface area contributed by atoms with Crippen molar-refractivity contribution >= 4 is 0 Å². The molecule has 1 aliphatic heterocycles. The molecule has 2 aromatic rings. The molecule has 0 aromatic carbocycles. The highest BCUT2D eigenvalue weighted by atomic mass is 16.5. The van der Waals surface area contributed by atoms with Crippen molar-refractivity contribution in [1.82, 2.24) is 9.97 Å². The summed E-state index contributed by atoms with van der Waals surface area (Å²) in [6, 6.07) is 8.24. The number of ether oxygens (including phenoxy) is 3. The minimum Gasteiger partial charge on any atom is -0.491 e. The first kappa shape index (κ1) is 22.5. The average Bonchev–Trinajstić information content (AvgIpc) is 3.25. The van der Waals surface area contributed by atoms with Crippen LogP contribution in [0.3, 0.4) is 0 Å². The maximum Gasteiger partial charge on any atom is 0.256 e. The smallest absolute Gasteiger partial charge is 0.256 e. The summed E-state index contributed by atoms with van der Waals surface area (Å²) in [6.45, 7) is 3.09. The van der Waals surface area contributed by atoms with Gasteiger partial charge in [0.05, 0.1) is 19.8 Å². The van der Waals surface area contributed by atoms with Crippen molar-refractivity contribution in [3.05, 3.63) is 47.9 Å². The number of rotatable bonds is 6. The van der Waals surface area contributed by atoms with E-state index in [-0.39, 0.29) is 5.60 Å². The van der Waals surface area contributed by atoms with Crippen LogP contribution in [0, 0.1) is 0 Å². The Balaban J connectivity index is 0.000000173. The van der Waals surface area contributed by atoms with Crippen LogP contribution >= 0.6 is 0 Å². The highest BCUT2D eigenvalue weighted by molar-refractivity contribution is 5.36. The van der Waals surface area contributed by atoms with Gasteiger partial charge in [0.2, 0.25) is 0 Å². The van der Waals surface area contributed by atoms with E-state index in [2.05, 4.69) is 29.0 Å². The van der Waals surface area contributed by atoms with E-state index in [0.29, 0.717) is 17.5 Å². The van der Waals surface area contributed by atoms with Gasteiger partial charge in [-0.3, -0.25) is 4.98 Å². The van der Waals surface area contributed by atoms with Crippen LogP contribution in [0.2, 0.25) is 0 Å². The molecule has 30 heavy (non-hydrogen) atoms. The van der Waals surface area contributed by atoms with E-state index in [9.17, 15) is 0 Å². The summed E-state index contributed by atoms with van der Waals surface area (Å²) < 4.78 is 16.3. The van der Waals surface area contributed by atoms with Gasteiger partial charge < -0.3 is 14.2 Å². The Morgan fingerprint density at radius 3 is 2.63 bits per heavy atom. The van der Waals surface area contributed by atoms with Crippen LogP contribution in [0.4, 0.5) is 0 Å². The third-order valence-electron chi connectivity index (χ3n) is 6.22. The SMILES string of the molecule is CCCCc1cnc(OC)c(OC)c1.c1ccc([C@@H]2CCOC3(CCCC3)C2)nc1. The van der Waals surface area contributed by atoms with Gasteiger partial charge in [-0.2, -0.15) is 0 Å². The summed E-state index contributed by atoms with van der Waals surface area (Å²) in [4.78, 5) is 8.68. The number of aryl methyl sites for hydroxylation is 1. The van der Waals surface area contributed by atoms with Crippen LogP contribution in [0.1, 0.15) is 75.5 Å². The second-order valence-electron chi connectivity index (χ2n) is 8.34. The van der Waals surface area contributed by atoms with Crippen molar-refractivity contribution < 1.29 is 14.2 Å². The van der Waals surface area contributed by atoms with Crippen molar-refractivity contribution in [3.63, 3.8) is 0 Å². The van der Waals surface area contributed by atoms with Crippen molar-refractivity contribution in [3.8, 4) is 11.6 Å². The van der Waals surface area contributed by atoms with Gasteiger partial charge in [0.25, 0.3) is 5.88 Å². The zero-order valence-electron chi connectivity index (χ0n) is 18.7. The summed E-state index contributed by atoms with van der Waals surface area (Å²) in [5.74, 6) is 1.88. The van der Waals surface area contributed by atoms with Gasteiger partial charge in [-0.1, -0.05) is 32.3 Å². The molecule has 1 aliphatic carbocycles. The van der Waals surface area contributed by atoms with Crippen LogP contribution in [-0.4, -0.2) is 36.4 Å². The highest BCUT2D eigenvalue weighted by Crippen LogP contribution is 2.44. The molecule has 1 saturated carbocycles. The van der Waals surface area contributed by atoms with Gasteiger partial charge in [0.15, 0.2) is 5.75 Å². The van der Waals surface area contributed by atoms with Crippen molar-refractivity contribution in [1.29, 1.82) is 0 Å². The Bertz CT molecular complexity index is 760. The normalized spacial score (nSPS) is 19.8. The maximum absolute atomic E-state index is 6.05. The molecule has 4 rings (SSSR count). The molecule has 0 N–H and O–H groups in total. The zero-order valence-corrected chi connectivity index (χ0v) is 18.7. The molecule has 0 bridgehead atoms. The molecule has 164 valence electrons. The second-order valence-corrected chi connectivity index (χ2v) is 8.34. The zero-order chi connectivity index (χ0) is 21.2. The van der Waals surface area contributed by atoms with Gasteiger partial charge in [0, 0.05) is 30.6 Å². The quantitative estimate of drug-likeness (QED) is 0.606.